The summed E-state index contributed by atoms with van der Waals surface area (Å²) in [5, 5.41) is 0.637. The number of fused-ring (bicyclic) bond motifs is 2. The molecule has 0 saturated heterocycles. The number of nitrogens with one attached hydrogen (secondary N) is 1. The first kappa shape index (κ1) is 19.8. The van der Waals surface area contributed by atoms with E-state index in [1.165, 1.54) is 19.1 Å². The summed E-state index contributed by atoms with van der Waals surface area (Å²) in [6.07, 6.45) is -3.79. The summed E-state index contributed by atoms with van der Waals surface area (Å²) >= 11 is 3.36. The molecule has 29 heavy (non-hydrogen) atoms. The van der Waals surface area contributed by atoms with Crippen LogP contribution in [-0.2, 0) is 16.0 Å². The molecule has 0 atom stereocenters. The van der Waals surface area contributed by atoms with Crippen LogP contribution in [0.1, 0.15) is 12.5 Å². The SMILES string of the molecule is CCS(=O)(=O)c1cc2ccc(Br)cc2nc1-c1cc2ncc(C(F)(F)F)cc2[nH]1. The number of aromatic amines is 1. The van der Waals surface area contributed by atoms with Crippen LogP contribution in [0.25, 0.3) is 33.3 Å². The van der Waals surface area contributed by atoms with Crippen LogP contribution in [0.15, 0.2) is 52.0 Å². The zero-order chi connectivity index (χ0) is 21.0. The van der Waals surface area contributed by atoms with Crippen molar-refractivity contribution in [3.63, 3.8) is 0 Å². The molecule has 4 aromatic rings. The average Bonchev–Trinajstić information content (AvgIpc) is 3.09. The Bertz CT molecular complexity index is 1360. The Hall–Kier alpha value is -2.46. The van der Waals surface area contributed by atoms with Gasteiger partial charge in [0.15, 0.2) is 9.84 Å². The summed E-state index contributed by atoms with van der Waals surface area (Å²) < 4.78 is 65.0. The lowest BCUT2D eigenvalue weighted by Gasteiger charge is -2.10. The molecular weight excluding hydrogens is 471 g/mol. The number of hydrogen-bond donors (Lipinski definition) is 1. The van der Waals surface area contributed by atoms with Crippen molar-refractivity contribution in [2.24, 2.45) is 0 Å². The molecule has 0 saturated carbocycles. The number of alkyl halides is 3. The Morgan fingerprint density at radius 2 is 1.86 bits per heavy atom. The van der Waals surface area contributed by atoms with E-state index in [4.69, 9.17) is 0 Å². The monoisotopic (exact) mass is 483 g/mol. The smallest absolute Gasteiger partial charge is 0.352 e. The Balaban J connectivity index is 2.00. The molecule has 1 N–H and O–H groups in total. The van der Waals surface area contributed by atoms with Crippen molar-refractivity contribution >= 4 is 47.7 Å². The number of nitrogens with zero attached hydrogens (tertiary/aromatic N) is 2. The molecule has 0 aliphatic carbocycles. The number of hydrogen-bond acceptors (Lipinski definition) is 4. The van der Waals surface area contributed by atoms with Gasteiger partial charge < -0.3 is 4.98 Å². The fraction of sp³-hybridized carbons (Fsp3) is 0.158. The number of sulfone groups is 1. The van der Waals surface area contributed by atoms with Gasteiger partial charge in [0, 0.05) is 16.1 Å². The highest BCUT2D eigenvalue weighted by Crippen LogP contribution is 2.34. The van der Waals surface area contributed by atoms with Crippen LogP contribution in [-0.4, -0.2) is 29.1 Å². The van der Waals surface area contributed by atoms with Gasteiger partial charge in [-0.1, -0.05) is 28.9 Å². The Morgan fingerprint density at radius 1 is 1.10 bits per heavy atom. The quantitative estimate of drug-likeness (QED) is 0.425. The minimum absolute atomic E-state index is 0.0115. The van der Waals surface area contributed by atoms with E-state index in [-0.39, 0.29) is 33.1 Å². The predicted molar refractivity (Wildman–Crippen MR) is 107 cm³/mol. The van der Waals surface area contributed by atoms with Crippen molar-refractivity contribution in [3.05, 3.63) is 52.6 Å². The molecule has 0 aliphatic heterocycles. The van der Waals surface area contributed by atoms with Gasteiger partial charge in [0.05, 0.1) is 38.5 Å². The van der Waals surface area contributed by atoms with E-state index < -0.39 is 21.6 Å². The third kappa shape index (κ3) is 3.62. The second-order valence-corrected chi connectivity index (χ2v) is 9.58. The van der Waals surface area contributed by atoms with E-state index >= 15 is 0 Å². The molecule has 5 nitrogen and oxygen atoms in total. The summed E-state index contributed by atoms with van der Waals surface area (Å²) in [5.41, 5.74) is 0.502. The first-order valence-electron chi connectivity index (χ1n) is 8.48. The lowest BCUT2D eigenvalue weighted by atomic mass is 10.2. The van der Waals surface area contributed by atoms with Gasteiger partial charge in [0.1, 0.15) is 5.69 Å². The molecule has 0 bridgehead atoms. The maximum Gasteiger partial charge on any atom is 0.417 e. The molecule has 0 spiro atoms. The molecular formula is C19H13BrF3N3O2S. The molecule has 150 valence electrons. The second-order valence-electron chi connectivity index (χ2n) is 6.41. The normalized spacial score (nSPS) is 12.7. The van der Waals surface area contributed by atoms with Crippen LogP contribution in [0.2, 0.25) is 0 Å². The molecule has 1 aromatic carbocycles. The van der Waals surface area contributed by atoms with Crippen LogP contribution in [0.5, 0.6) is 0 Å². The number of halogens is 4. The van der Waals surface area contributed by atoms with Crippen molar-refractivity contribution in [3.8, 4) is 11.4 Å². The highest BCUT2D eigenvalue weighted by atomic mass is 79.9. The standard InChI is InChI=1S/C19H13BrF3N3O2S/c1-2-29(27,28)17-5-10-3-4-12(20)7-13(10)26-18(17)16-8-14-15(25-16)6-11(9-24-14)19(21,22)23/h3-9,25H,2H2,1H3. The van der Waals surface area contributed by atoms with Gasteiger partial charge in [-0.25, -0.2) is 13.4 Å². The average molecular weight is 484 g/mol. The topological polar surface area (TPSA) is 75.7 Å². The summed E-state index contributed by atoms with van der Waals surface area (Å²) in [5.74, 6) is -0.138. The minimum atomic E-state index is -4.53. The van der Waals surface area contributed by atoms with Gasteiger partial charge in [0.25, 0.3) is 0 Å². The Kier molecular flexibility index (Phi) is 4.66. The van der Waals surface area contributed by atoms with E-state index in [0.29, 0.717) is 10.9 Å². The van der Waals surface area contributed by atoms with E-state index in [2.05, 4.69) is 30.9 Å². The van der Waals surface area contributed by atoms with Crippen LogP contribution >= 0.6 is 15.9 Å². The third-order valence-electron chi connectivity index (χ3n) is 4.51. The van der Waals surface area contributed by atoms with Gasteiger partial charge >= 0.3 is 6.18 Å². The molecule has 0 unspecified atom stereocenters. The van der Waals surface area contributed by atoms with Gasteiger partial charge in [0.2, 0.25) is 0 Å². The lowest BCUT2D eigenvalue weighted by Crippen LogP contribution is -2.07. The van der Waals surface area contributed by atoms with Gasteiger partial charge in [-0.15, -0.1) is 0 Å². The second kappa shape index (κ2) is 6.81. The maximum atomic E-state index is 13.0. The van der Waals surface area contributed by atoms with E-state index in [1.807, 2.05) is 0 Å². The first-order chi connectivity index (χ1) is 13.6. The fourth-order valence-electron chi connectivity index (χ4n) is 3.00. The molecule has 10 heteroatoms. The van der Waals surface area contributed by atoms with Crippen molar-refractivity contribution in [2.45, 2.75) is 18.0 Å². The van der Waals surface area contributed by atoms with Crippen LogP contribution in [0.3, 0.4) is 0 Å². The van der Waals surface area contributed by atoms with Crippen molar-refractivity contribution < 1.29 is 21.6 Å². The highest BCUT2D eigenvalue weighted by molar-refractivity contribution is 9.10. The van der Waals surface area contributed by atoms with E-state index in [0.717, 1.165) is 16.7 Å². The van der Waals surface area contributed by atoms with Gasteiger partial charge in [-0.05, 0) is 30.3 Å². The lowest BCUT2D eigenvalue weighted by molar-refractivity contribution is -0.137. The van der Waals surface area contributed by atoms with Crippen molar-refractivity contribution in [1.29, 1.82) is 0 Å². The van der Waals surface area contributed by atoms with E-state index in [1.54, 1.807) is 18.2 Å². The van der Waals surface area contributed by atoms with Crippen LogP contribution < -0.4 is 0 Å². The first-order valence-corrected chi connectivity index (χ1v) is 10.9. The van der Waals surface area contributed by atoms with Crippen LogP contribution in [0, 0.1) is 0 Å². The predicted octanol–water partition coefficient (Wildman–Crippen LogP) is 5.35. The van der Waals surface area contributed by atoms with Crippen LogP contribution in [0.4, 0.5) is 13.2 Å². The van der Waals surface area contributed by atoms with Crippen molar-refractivity contribution in [1.82, 2.24) is 15.0 Å². The Labute approximate surface area is 172 Å². The van der Waals surface area contributed by atoms with Crippen molar-refractivity contribution in [2.75, 3.05) is 5.75 Å². The highest BCUT2D eigenvalue weighted by Gasteiger charge is 2.31. The van der Waals surface area contributed by atoms with Gasteiger partial charge in [-0.3, -0.25) is 4.98 Å². The third-order valence-corrected chi connectivity index (χ3v) is 6.75. The zero-order valence-corrected chi connectivity index (χ0v) is 17.3. The van der Waals surface area contributed by atoms with Gasteiger partial charge in [-0.2, -0.15) is 13.2 Å². The zero-order valence-electron chi connectivity index (χ0n) is 14.9. The van der Waals surface area contributed by atoms with E-state index in [9.17, 15) is 21.6 Å². The minimum Gasteiger partial charge on any atom is -0.352 e. The summed E-state index contributed by atoms with van der Waals surface area (Å²) in [4.78, 5) is 11.2. The number of aromatic nitrogens is 3. The Morgan fingerprint density at radius 3 is 2.55 bits per heavy atom. The maximum absolute atomic E-state index is 13.0. The number of rotatable bonds is 3. The molecule has 3 aromatic heterocycles. The largest absolute Gasteiger partial charge is 0.417 e. The molecule has 0 aliphatic rings. The molecule has 3 heterocycles. The number of benzene rings is 1. The number of H-pyrrole nitrogens is 1. The summed E-state index contributed by atoms with van der Waals surface area (Å²) in [6.45, 7) is 1.52. The summed E-state index contributed by atoms with van der Waals surface area (Å²) in [6, 6.07) is 9.23. The molecule has 4 rings (SSSR count). The summed E-state index contributed by atoms with van der Waals surface area (Å²) in [7, 11) is -3.64. The fourth-order valence-corrected chi connectivity index (χ4v) is 4.41. The number of pyridine rings is 2. The molecule has 0 radical (unpaired) electrons. The molecule has 0 fully saturated rings. The molecule has 0 amide bonds.